The van der Waals surface area contributed by atoms with Crippen molar-refractivity contribution in [1.82, 2.24) is 0 Å². The second kappa shape index (κ2) is 3.56. The minimum absolute atomic E-state index is 0.0209. The Hall–Kier alpha value is -1.12. The molecular formula is C11H17NO2. The molecule has 14 heavy (non-hydrogen) atoms. The van der Waals surface area contributed by atoms with E-state index in [1.165, 1.54) is 0 Å². The van der Waals surface area contributed by atoms with Gasteiger partial charge in [0.2, 0.25) is 0 Å². The molecule has 0 saturated heterocycles. The lowest BCUT2D eigenvalue weighted by molar-refractivity contribution is -0.143. The van der Waals surface area contributed by atoms with Gasteiger partial charge in [-0.1, -0.05) is 27.7 Å². The topological polar surface area (TPSA) is 49.7 Å². The maximum Gasteiger partial charge on any atom is 0.336 e. The maximum absolute atomic E-state index is 11.3. The van der Waals surface area contributed by atoms with Crippen molar-refractivity contribution in [3.05, 3.63) is 11.6 Å². The minimum Gasteiger partial charge on any atom is -0.479 e. The van der Waals surface area contributed by atoms with Crippen molar-refractivity contribution in [2.24, 2.45) is 16.8 Å². The first-order valence-electron chi connectivity index (χ1n) is 4.92. The minimum atomic E-state index is -1.02. The van der Waals surface area contributed by atoms with Crippen molar-refractivity contribution < 1.29 is 9.90 Å². The molecule has 1 atom stereocenters. The summed E-state index contributed by atoms with van der Waals surface area (Å²) in [5.41, 5.74) is -0.117. The molecular weight excluding hydrogens is 178 g/mol. The number of hydrogen-bond acceptors (Lipinski definition) is 2. The summed E-state index contributed by atoms with van der Waals surface area (Å²) in [4.78, 5) is 15.5. The lowest BCUT2D eigenvalue weighted by atomic mass is 9.76. The lowest BCUT2D eigenvalue weighted by Gasteiger charge is -2.31. The zero-order valence-electron chi connectivity index (χ0n) is 9.11. The van der Waals surface area contributed by atoms with E-state index in [1.807, 2.05) is 33.8 Å². The van der Waals surface area contributed by atoms with E-state index in [0.29, 0.717) is 0 Å². The standard InChI is InChI=1S/C11H17NO2/c1-7(2)9-5-6-12-11(9,8(3)4)10(13)14/h5-8H,1-4H3,(H,13,14). The number of rotatable bonds is 3. The van der Waals surface area contributed by atoms with E-state index >= 15 is 0 Å². The van der Waals surface area contributed by atoms with Gasteiger partial charge in [-0.2, -0.15) is 0 Å². The summed E-state index contributed by atoms with van der Waals surface area (Å²) >= 11 is 0. The van der Waals surface area contributed by atoms with E-state index in [4.69, 9.17) is 0 Å². The third-order valence-electron chi connectivity index (χ3n) is 2.76. The molecule has 0 spiro atoms. The number of aliphatic carboxylic acids is 1. The molecule has 0 aromatic heterocycles. The van der Waals surface area contributed by atoms with Crippen LogP contribution in [0.25, 0.3) is 0 Å². The average Bonchev–Trinajstić information content (AvgIpc) is 2.47. The molecule has 1 aliphatic rings. The Morgan fingerprint density at radius 2 is 2.00 bits per heavy atom. The van der Waals surface area contributed by atoms with Gasteiger partial charge < -0.3 is 5.11 Å². The molecule has 0 aromatic carbocycles. The summed E-state index contributed by atoms with van der Waals surface area (Å²) in [5, 5.41) is 9.30. The summed E-state index contributed by atoms with van der Waals surface area (Å²) in [5.74, 6) is -0.649. The second-order valence-corrected chi connectivity index (χ2v) is 4.28. The van der Waals surface area contributed by atoms with Crippen LogP contribution in [0, 0.1) is 11.8 Å². The highest BCUT2D eigenvalue weighted by Crippen LogP contribution is 2.37. The third-order valence-corrected chi connectivity index (χ3v) is 2.76. The highest BCUT2D eigenvalue weighted by Gasteiger charge is 2.47. The van der Waals surface area contributed by atoms with Gasteiger partial charge >= 0.3 is 5.97 Å². The van der Waals surface area contributed by atoms with Crippen molar-refractivity contribution in [3.63, 3.8) is 0 Å². The van der Waals surface area contributed by atoms with Crippen LogP contribution < -0.4 is 0 Å². The number of carboxylic acids is 1. The highest BCUT2D eigenvalue weighted by molar-refractivity contribution is 5.92. The van der Waals surface area contributed by atoms with Gasteiger partial charge in [-0.25, -0.2) is 4.79 Å². The van der Waals surface area contributed by atoms with Gasteiger partial charge in [-0.15, -0.1) is 0 Å². The fourth-order valence-electron chi connectivity index (χ4n) is 1.98. The second-order valence-electron chi connectivity index (χ2n) is 4.28. The van der Waals surface area contributed by atoms with Crippen LogP contribution in [0.3, 0.4) is 0 Å². The van der Waals surface area contributed by atoms with Crippen molar-refractivity contribution >= 4 is 12.2 Å². The Labute approximate surface area is 84.5 Å². The summed E-state index contributed by atoms with van der Waals surface area (Å²) in [7, 11) is 0. The Morgan fingerprint density at radius 1 is 1.43 bits per heavy atom. The number of nitrogens with zero attached hydrogens (tertiary/aromatic N) is 1. The highest BCUT2D eigenvalue weighted by atomic mass is 16.4. The number of carbonyl (C=O) groups is 1. The van der Waals surface area contributed by atoms with Gasteiger partial charge in [0.15, 0.2) is 5.54 Å². The van der Waals surface area contributed by atoms with E-state index < -0.39 is 11.5 Å². The van der Waals surface area contributed by atoms with Crippen LogP contribution in [0.5, 0.6) is 0 Å². The van der Waals surface area contributed by atoms with E-state index in [2.05, 4.69) is 4.99 Å². The number of hydrogen-bond donors (Lipinski definition) is 1. The molecule has 3 nitrogen and oxygen atoms in total. The SMILES string of the molecule is CC(C)C1=CC=NC1(C(=O)O)C(C)C. The Bertz CT molecular complexity index is 302. The zero-order valence-corrected chi connectivity index (χ0v) is 9.11. The quantitative estimate of drug-likeness (QED) is 0.750. The molecule has 0 saturated carbocycles. The van der Waals surface area contributed by atoms with E-state index in [1.54, 1.807) is 6.21 Å². The molecule has 1 N–H and O–H groups in total. The van der Waals surface area contributed by atoms with Crippen LogP contribution in [0.15, 0.2) is 16.6 Å². The predicted molar refractivity (Wildman–Crippen MR) is 56.6 cm³/mol. The van der Waals surface area contributed by atoms with E-state index in [9.17, 15) is 9.90 Å². The monoisotopic (exact) mass is 195 g/mol. The first-order chi connectivity index (χ1) is 6.43. The van der Waals surface area contributed by atoms with Crippen LogP contribution in [-0.4, -0.2) is 22.8 Å². The van der Waals surface area contributed by atoms with Crippen molar-refractivity contribution in [1.29, 1.82) is 0 Å². The summed E-state index contributed by atoms with van der Waals surface area (Å²) in [6.07, 6.45) is 3.45. The van der Waals surface area contributed by atoms with Gasteiger partial charge in [-0.3, -0.25) is 4.99 Å². The summed E-state index contributed by atoms with van der Waals surface area (Å²) in [6.45, 7) is 7.79. The van der Waals surface area contributed by atoms with Crippen molar-refractivity contribution in [2.45, 2.75) is 33.2 Å². The van der Waals surface area contributed by atoms with E-state index in [0.717, 1.165) is 5.57 Å². The summed E-state index contributed by atoms with van der Waals surface area (Å²) < 4.78 is 0. The molecule has 1 heterocycles. The molecule has 3 heteroatoms. The Kier molecular flexibility index (Phi) is 2.79. The zero-order chi connectivity index (χ0) is 10.9. The predicted octanol–water partition coefficient (Wildman–Crippen LogP) is 2.13. The molecule has 1 rings (SSSR count). The number of carboxylic acid groups (broad SMARTS) is 1. The third kappa shape index (κ3) is 1.37. The van der Waals surface area contributed by atoms with Crippen LogP contribution in [0.1, 0.15) is 27.7 Å². The van der Waals surface area contributed by atoms with Gasteiger partial charge in [-0.05, 0) is 23.5 Å². The Balaban J connectivity index is 3.18. The molecule has 0 aromatic rings. The van der Waals surface area contributed by atoms with Gasteiger partial charge in [0, 0.05) is 6.21 Å². The molecule has 0 fully saturated rings. The molecule has 1 aliphatic heterocycles. The first-order valence-corrected chi connectivity index (χ1v) is 4.92. The van der Waals surface area contributed by atoms with Crippen molar-refractivity contribution in [2.75, 3.05) is 0 Å². The Morgan fingerprint density at radius 3 is 2.29 bits per heavy atom. The normalized spacial score (nSPS) is 26.0. The maximum atomic E-state index is 11.3. The molecule has 0 aliphatic carbocycles. The van der Waals surface area contributed by atoms with Crippen LogP contribution in [0.2, 0.25) is 0 Å². The van der Waals surface area contributed by atoms with Crippen LogP contribution >= 0.6 is 0 Å². The van der Waals surface area contributed by atoms with Gasteiger partial charge in [0.25, 0.3) is 0 Å². The van der Waals surface area contributed by atoms with Gasteiger partial charge in [0.05, 0.1) is 0 Å². The van der Waals surface area contributed by atoms with Crippen LogP contribution in [0.4, 0.5) is 0 Å². The summed E-state index contributed by atoms with van der Waals surface area (Å²) in [6, 6.07) is 0. The van der Waals surface area contributed by atoms with Gasteiger partial charge in [0.1, 0.15) is 0 Å². The molecule has 78 valence electrons. The smallest absolute Gasteiger partial charge is 0.336 e. The fraction of sp³-hybridized carbons (Fsp3) is 0.636. The number of aliphatic imine (C=N–C) groups is 1. The molecule has 0 radical (unpaired) electrons. The first kappa shape index (κ1) is 11.0. The van der Waals surface area contributed by atoms with Crippen LogP contribution in [-0.2, 0) is 4.79 Å². The average molecular weight is 195 g/mol. The number of allylic oxidation sites excluding steroid dienone is 1. The van der Waals surface area contributed by atoms with E-state index in [-0.39, 0.29) is 11.8 Å². The fourth-order valence-corrected chi connectivity index (χ4v) is 1.98. The lowest BCUT2D eigenvalue weighted by Crippen LogP contribution is -2.43. The molecule has 1 unspecified atom stereocenters. The largest absolute Gasteiger partial charge is 0.479 e. The van der Waals surface area contributed by atoms with Crippen molar-refractivity contribution in [3.8, 4) is 0 Å². The molecule has 0 bridgehead atoms. The molecule has 0 amide bonds.